The molecule has 3 rings (SSSR count). The van der Waals surface area contributed by atoms with Crippen molar-refractivity contribution in [3.05, 3.63) is 58.9 Å². The maximum atomic E-state index is 13.9. The zero-order valence-electron chi connectivity index (χ0n) is 19.9. The maximum Gasteiger partial charge on any atom is 0.163 e. The molecule has 186 valence electrons. The Morgan fingerprint density at radius 1 is 1.20 bits per heavy atom. The first-order chi connectivity index (χ1) is 16.8. The van der Waals surface area contributed by atoms with Crippen molar-refractivity contribution in [3.63, 3.8) is 0 Å². The summed E-state index contributed by atoms with van der Waals surface area (Å²) in [4.78, 5) is 11.6. The highest BCUT2D eigenvalue weighted by Crippen LogP contribution is 2.29. The molecule has 0 saturated heterocycles. The minimum Gasteiger partial charge on any atom is -0.383 e. The lowest BCUT2D eigenvalue weighted by Gasteiger charge is -2.18. The molecule has 1 aromatic heterocycles. The average Bonchev–Trinajstić information content (AvgIpc) is 2.83. The molecule has 0 aliphatic carbocycles. The number of methoxy groups -OCH3 is 1. The van der Waals surface area contributed by atoms with E-state index in [-0.39, 0.29) is 17.3 Å². The monoisotopic (exact) mass is 517 g/mol. The van der Waals surface area contributed by atoms with Crippen molar-refractivity contribution >= 4 is 46.6 Å². The third-order valence-corrected chi connectivity index (χ3v) is 6.20. The zero-order chi connectivity index (χ0) is 25.4. The van der Waals surface area contributed by atoms with Crippen LogP contribution in [0.5, 0.6) is 0 Å². The van der Waals surface area contributed by atoms with E-state index in [1.54, 1.807) is 20.1 Å². The van der Waals surface area contributed by atoms with Crippen LogP contribution in [-0.2, 0) is 4.74 Å². The summed E-state index contributed by atoms with van der Waals surface area (Å²) in [7, 11) is 3.69. The summed E-state index contributed by atoms with van der Waals surface area (Å²) in [6.45, 7) is 4.52. The van der Waals surface area contributed by atoms with Crippen molar-refractivity contribution in [2.45, 2.75) is 11.8 Å². The van der Waals surface area contributed by atoms with Gasteiger partial charge in [-0.05, 0) is 68.4 Å². The summed E-state index contributed by atoms with van der Waals surface area (Å²) in [5.41, 5.74) is 8.52. The fourth-order valence-corrected chi connectivity index (χ4v) is 4.14. The third kappa shape index (κ3) is 7.53. The quantitative estimate of drug-likeness (QED) is 0.196. The highest BCUT2D eigenvalue weighted by atomic mass is 35.5. The molecule has 11 heteroatoms. The number of nitrogens with two attached hydrogens (primary N) is 1. The lowest BCUT2D eigenvalue weighted by molar-refractivity contribution is 0.163. The Morgan fingerprint density at radius 3 is 2.63 bits per heavy atom. The lowest BCUT2D eigenvalue weighted by atomic mass is 10.1. The van der Waals surface area contributed by atoms with Crippen LogP contribution in [0.25, 0.3) is 11.4 Å². The Labute approximate surface area is 214 Å². The predicted octanol–water partition coefficient (Wildman–Crippen LogP) is 5.02. The molecule has 0 amide bonds. The van der Waals surface area contributed by atoms with Crippen molar-refractivity contribution in [2.75, 3.05) is 56.2 Å². The van der Waals surface area contributed by atoms with Gasteiger partial charge in [0.2, 0.25) is 0 Å². The molecule has 35 heavy (non-hydrogen) atoms. The highest BCUT2D eigenvalue weighted by Gasteiger charge is 2.16. The fraction of sp³-hybridized carbons (Fsp3) is 0.292. The smallest absolute Gasteiger partial charge is 0.163 e. The number of hydrogen-bond acceptors (Lipinski definition) is 9. The molecule has 5 N–H and O–H groups in total. The summed E-state index contributed by atoms with van der Waals surface area (Å²) in [6, 6.07) is 11.8. The molecule has 0 fully saturated rings. The van der Waals surface area contributed by atoms with Crippen LogP contribution in [0.15, 0.2) is 47.4 Å². The highest BCUT2D eigenvalue weighted by molar-refractivity contribution is 8.00. The Balaban J connectivity index is 1.73. The third-order valence-electron chi connectivity index (χ3n) is 5.09. The summed E-state index contributed by atoms with van der Waals surface area (Å²) in [6.07, 6.45) is 0. The standard InChI is InChI=1S/C24H29ClFN7OS/c1-15(27)21-22(28)30-23(31-24(21)29-10-11-33(2)12-13-34-3)16-4-7-18(8-5-16)32-35-20-14-17(25)6-9-19(20)26/h4-9,14,27,32H,10-13H2,1-3H3,(H3,28,29,30,31). The molecule has 0 atom stereocenters. The minimum atomic E-state index is -0.348. The van der Waals surface area contributed by atoms with E-state index in [2.05, 4.69) is 24.9 Å². The fourth-order valence-electron chi connectivity index (χ4n) is 3.19. The molecule has 0 unspecified atom stereocenters. The SMILES string of the molecule is COCCN(C)CCNc1nc(-c2ccc(NSc3cc(Cl)ccc3F)cc2)nc(N)c1C(C)=N. The van der Waals surface area contributed by atoms with Crippen molar-refractivity contribution in [2.24, 2.45) is 0 Å². The van der Waals surface area contributed by atoms with Gasteiger partial charge in [0, 0.05) is 48.7 Å². The Kier molecular flexibility index (Phi) is 9.67. The minimum absolute atomic E-state index is 0.243. The van der Waals surface area contributed by atoms with E-state index in [1.165, 1.54) is 12.1 Å². The van der Waals surface area contributed by atoms with E-state index in [9.17, 15) is 4.39 Å². The van der Waals surface area contributed by atoms with Crippen LogP contribution in [0.4, 0.5) is 21.7 Å². The van der Waals surface area contributed by atoms with Crippen molar-refractivity contribution < 1.29 is 9.13 Å². The van der Waals surface area contributed by atoms with Crippen LogP contribution in [0.3, 0.4) is 0 Å². The van der Waals surface area contributed by atoms with E-state index in [0.717, 1.165) is 36.3 Å². The molecule has 8 nitrogen and oxygen atoms in total. The van der Waals surface area contributed by atoms with Crippen LogP contribution in [0.2, 0.25) is 5.02 Å². The molecule has 1 heterocycles. The Morgan fingerprint density at radius 2 is 1.94 bits per heavy atom. The summed E-state index contributed by atoms with van der Waals surface area (Å²) >= 11 is 7.09. The van der Waals surface area contributed by atoms with Crippen LogP contribution in [0, 0.1) is 11.2 Å². The summed E-state index contributed by atoms with van der Waals surface area (Å²) < 4.78 is 22.1. The first-order valence-corrected chi connectivity index (χ1v) is 12.1. The molecular weight excluding hydrogens is 489 g/mol. The van der Waals surface area contributed by atoms with E-state index in [1.807, 2.05) is 31.3 Å². The molecular formula is C24H29ClFN7OS. The number of nitrogens with one attached hydrogen (secondary N) is 3. The van der Waals surface area contributed by atoms with E-state index >= 15 is 0 Å². The van der Waals surface area contributed by atoms with Crippen LogP contribution in [-0.4, -0.2) is 61.0 Å². The van der Waals surface area contributed by atoms with E-state index < -0.39 is 0 Å². The van der Waals surface area contributed by atoms with Gasteiger partial charge in [-0.2, -0.15) is 0 Å². The van der Waals surface area contributed by atoms with Gasteiger partial charge in [-0.25, -0.2) is 14.4 Å². The first kappa shape index (κ1) is 26.7. The topological polar surface area (TPSA) is 112 Å². The maximum absolute atomic E-state index is 13.9. The number of halogens is 2. The molecule has 0 radical (unpaired) electrons. The number of hydrogen-bond donors (Lipinski definition) is 4. The molecule has 0 aliphatic rings. The second kappa shape index (κ2) is 12.7. The molecule has 3 aromatic rings. The molecule has 0 saturated carbocycles. The molecule has 2 aromatic carbocycles. The molecule has 0 spiro atoms. The number of aromatic nitrogens is 2. The van der Waals surface area contributed by atoms with Crippen molar-refractivity contribution in [1.82, 2.24) is 14.9 Å². The first-order valence-electron chi connectivity index (χ1n) is 10.9. The zero-order valence-corrected chi connectivity index (χ0v) is 21.4. The number of anilines is 3. The number of nitrogens with zero attached hydrogens (tertiary/aromatic N) is 3. The molecule has 0 bridgehead atoms. The second-order valence-corrected chi connectivity index (χ2v) is 9.14. The Hall–Kier alpha value is -2.92. The number of benzene rings is 2. The van der Waals surface area contributed by atoms with E-state index in [4.69, 9.17) is 27.5 Å². The average molecular weight is 518 g/mol. The van der Waals surface area contributed by atoms with Crippen LogP contribution in [0.1, 0.15) is 12.5 Å². The second-order valence-electron chi connectivity index (χ2n) is 7.86. The van der Waals surface area contributed by atoms with Gasteiger partial charge in [0.15, 0.2) is 5.82 Å². The van der Waals surface area contributed by atoms with Gasteiger partial charge in [-0.15, -0.1) is 0 Å². The van der Waals surface area contributed by atoms with Crippen molar-refractivity contribution in [3.8, 4) is 11.4 Å². The van der Waals surface area contributed by atoms with Crippen LogP contribution < -0.4 is 15.8 Å². The van der Waals surface area contributed by atoms with Gasteiger partial charge in [-0.3, -0.25) is 0 Å². The van der Waals surface area contributed by atoms with Gasteiger partial charge in [0.1, 0.15) is 17.5 Å². The summed E-state index contributed by atoms with van der Waals surface area (Å²) in [5, 5.41) is 11.9. The van der Waals surface area contributed by atoms with Gasteiger partial charge < -0.3 is 30.8 Å². The van der Waals surface area contributed by atoms with Crippen LogP contribution >= 0.6 is 23.5 Å². The number of nitrogen functional groups attached to an aromatic ring is 1. The van der Waals surface area contributed by atoms with Crippen molar-refractivity contribution in [1.29, 1.82) is 5.41 Å². The number of likely N-dealkylation sites (N-methyl/N-ethyl adjacent to an activating group) is 1. The van der Waals surface area contributed by atoms with Gasteiger partial charge in [0.05, 0.1) is 17.1 Å². The largest absolute Gasteiger partial charge is 0.383 e. The van der Waals surface area contributed by atoms with Gasteiger partial charge in [-0.1, -0.05) is 11.6 Å². The number of rotatable bonds is 12. The lowest BCUT2D eigenvalue weighted by Crippen LogP contribution is -2.29. The van der Waals surface area contributed by atoms with E-state index in [0.29, 0.717) is 40.3 Å². The summed E-state index contributed by atoms with van der Waals surface area (Å²) in [5.74, 6) is 0.864. The molecule has 0 aliphatic heterocycles. The number of ether oxygens (including phenoxy) is 1. The predicted molar refractivity (Wildman–Crippen MR) is 143 cm³/mol. The van der Waals surface area contributed by atoms with Gasteiger partial charge in [0.25, 0.3) is 0 Å². The Bertz CT molecular complexity index is 1160. The van der Waals surface area contributed by atoms with Gasteiger partial charge >= 0.3 is 0 Å². The normalized spacial score (nSPS) is 11.0.